The first kappa shape index (κ1) is 18.3. The van der Waals surface area contributed by atoms with E-state index in [9.17, 15) is 0 Å². The molecule has 0 amide bonds. The summed E-state index contributed by atoms with van der Waals surface area (Å²) in [5.74, 6) is 2.45. The predicted octanol–water partition coefficient (Wildman–Crippen LogP) is 4.18. The van der Waals surface area contributed by atoms with E-state index in [0.717, 1.165) is 42.9 Å². The van der Waals surface area contributed by atoms with Gasteiger partial charge in [0, 0.05) is 25.2 Å². The molecule has 5 nitrogen and oxygen atoms in total. The normalized spacial score (nSPS) is 21.6. The summed E-state index contributed by atoms with van der Waals surface area (Å²) in [7, 11) is 5.15. The Kier molecular flexibility index (Phi) is 4.12. The molecule has 0 bridgehead atoms. The Morgan fingerprint density at radius 1 is 0.733 bits per heavy atom. The van der Waals surface area contributed by atoms with Crippen LogP contribution in [0.3, 0.4) is 0 Å². The summed E-state index contributed by atoms with van der Waals surface area (Å²) in [5.41, 5.74) is 2.93. The molecule has 1 aliphatic carbocycles. The second kappa shape index (κ2) is 6.76. The Hall–Kier alpha value is -2.50. The minimum Gasteiger partial charge on any atom is -0.497 e. The van der Waals surface area contributed by atoms with E-state index in [1.165, 1.54) is 52.1 Å². The van der Waals surface area contributed by atoms with Gasteiger partial charge in [-0.1, -0.05) is 6.07 Å². The SMILES string of the molecule is COc1ccc2c3c(c4cc(OC)c(OC)cc4c2c1)C[C@H]1CN(C2CC2)CN1C3. The van der Waals surface area contributed by atoms with Crippen molar-refractivity contribution in [3.8, 4) is 17.2 Å². The Bertz CT molecular complexity index is 1150. The number of nitrogens with zero attached hydrogens (tertiary/aromatic N) is 2. The van der Waals surface area contributed by atoms with Crippen molar-refractivity contribution in [1.29, 1.82) is 0 Å². The largest absolute Gasteiger partial charge is 0.497 e. The molecule has 2 aliphatic heterocycles. The third-order valence-electron chi connectivity index (χ3n) is 7.24. The van der Waals surface area contributed by atoms with E-state index in [-0.39, 0.29) is 0 Å². The van der Waals surface area contributed by atoms with E-state index in [4.69, 9.17) is 14.2 Å². The van der Waals surface area contributed by atoms with Gasteiger partial charge in [-0.05, 0) is 76.2 Å². The second-order valence-corrected chi connectivity index (χ2v) is 8.87. The summed E-state index contributed by atoms with van der Waals surface area (Å²) in [6.07, 6.45) is 3.83. The highest BCUT2D eigenvalue weighted by molar-refractivity contribution is 6.12. The predicted molar refractivity (Wildman–Crippen MR) is 119 cm³/mol. The van der Waals surface area contributed by atoms with Crippen LogP contribution >= 0.6 is 0 Å². The van der Waals surface area contributed by atoms with Crippen LogP contribution in [-0.2, 0) is 13.0 Å². The zero-order valence-corrected chi connectivity index (χ0v) is 17.9. The zero-order chi connectivity index (χ0) is 20.4. The zero-order valence-electron chi connectivity index (χ0n) is 17.9. The van der Waals surface area contributed by atoms with Gasteiger partial charge in [-0.3, -0.25) is 9.80 Å². The van der Waals surface area contributed by atoms with E-state index >= 15 is 0 Å². The highest BCUT2D eigenvalue weighted by atomic mass is 16.5. The molecule has 3 aromatic carbocycles. The van der Waals surface area contributed by atoms with Crippen LogP contribution in [0.2, 0.25) is 0 Å². The first-order valence-electron chi connectivity index (χ1n) is 10.9. The molecule has 2 heterocycles. The van der Waals surface area contributed by atoms with Crippen molar-refractivity contribution in [2.24, 2.45) is 0 Å². The van der Waals surface area contributed by atoms with Crippen molar-refractivity contribution in [2.75, 3.05) is 34.5 Å². The molecular formula is C25H28N2O3. The molecule has 30 heavy (non-hydrogen) atoms. The lowest BCUT2D eigenvalue weighted by Crippen LogP contribution is -2.36. The van der Waals surface area contributed by atoms with Gasteiger partial charge in [0.25, 0.3) is 0 Å². The highest BCUT2D eigenvalue weighted by Gasteiger charge is 2.41. The maximum absolute atomic E-state index is 5.67. The van der Waals surface area contributed by atoms with E-state index in [0.29, 0.717) is 6.04 Å². The molecule has 0 aromatic heterocycles. The number of benzene rings is 3. The van der Waals surface area contributed by atoms with Gasteiger partial charge in [-0.15, -0.1) is 0 Å². The first-order valence-corrected chi connectivity index (χ1v) is 10.9. The summed E-state index contributed by atoms with van der Waals surface area (Å²) in [6, 6.07) is 12.2. The summed E-state index contributed by atoms with van der Waals surface area (Å²) in [6.45, 7) is 3.31. The van der Waals surface area contributed by atoms with E-state index in [2.05, 4.69) is 40.1 Å². The summed E-state index contributed by atoms with van der Waals surface area (Å²) in [4.78, 5) is 5.37. The summed E-state index contributed by atoms with van der Waals surface area (Å²) >= 11 is 0. The average Bonchev–Trinajstić information content (AvgIpc) is 3.56. The fourth-order valence-corrected chi connectivity index (χ4v) is 5.54. The Morgan fingerprint density at radius 3 is 2.17 bits per heavy atom. The maximum Gasteiger partial charge on any atom is 0.161 e. The Labute approximate surface area is 177 Å². The molecule has 156 valence electrons. The lowest BCUT2D eigenvalue weighted by atomic mass is 9.85. The standard InChI is InChI=1S/C25H28N2O3/c1-28-17-6-7-18-20(9-17)22-11-25(30-3)24(29-2)10-21(22)19-8-16-12-26(15-4-5-15)14-27(16)13-23(18)19/h6-7,9-11,15-16H,4-5,8,12-14H2,1-3H3/t16-/m0/s1. The lowest BCUT2D eigenvalue weighted by Gasteiger charge is -2.32. The number of fused-ring (bicyclic) bond motifs is 7. The summed E-state index contributed by atoms with van der Waals surface area (Å²) in [5, 5.41) is 5.05. The van der Waals surface area contributed by atoms with E-state index in [1.807, 2.05) is 0 Å². The fraction of sp³-hybridized carbons (Fsp3) is 0.440. The molecule has 5 heteroatoms. The molecule has 0 spiro atoms. The van der Waals surface area contributed by atoms with E-state index in [1.54, 1.807) is 21.3 Å². The Morgan fingerprint density at radius 2 is 1.47 bits per heavy atom. The monoisotopic (exact) mass is 404 g/mol. The topological polar surface area (TPSA) is 34.2 Å². The van der Waals surface area contributed by atoms with Crippen LogP contribution in [0, 0.1) is 0 Å². The van der Waals surface area contributed by atoms with Crippen molar-refractivity contribution >= 4 is 21.5 Å². The van der Waals surface area contributed by atoms with Gasteiger partial charge in [-0.2, -0.15) is 0 Å². The summed E-state index contributed by atoms with van der Waals surface area (Å²) < 4.78 is 16.9. The Balaban J connectivity index is 1.59. The molecule has 6 rings (SSSR count). The third-order valence-corrected chi connectivity index (χ3v) is 7.24. The quantitative estimate of drug-likeness (QED) is 0.610. The molecule has 0 radical (unpaired) electrons. The molecule has 1 atom stereocenters. The fourth-order valence-electron chi connectivity index (χ4n) is 5.54. The van der Waals surface area contributed by atoms with Crippen molar-refractivity contribution < 1.29 is 14.2 Å². The van der Waals surface area contributed by atoms with Crippen molar-refractivity contribution in [3.63, 3.8) is 0 Å². The van der Waals surface area contributed by atoms with Crippen LogP contribution in [-0.4, -0.2) is 56.4 Å². The number of rotatable bonds is 4. The van der Waals surface area contributed by atoms with Gasteiger partial charge in [0.2, 0.25) is 0 Å². The second-order valence-electron chi connectivity index (χ2n) is 8.87. The molecule has 3 aliphatic rings. The number of hydrogen-bond donors (Lipinski definition) is 0. The average molecular weight is 405 g/mol. The highest BCUT2D eigenvalue weighted by Crippen LogP contribution is 2.44. The number of ether oxygens (including phenoxy) is 3. The van der Waals surface area contributed by atoms with Crippen LogP contribution < -0.4 is 14.2 Å². The van der Waals surface area contributed by atoms with E-state index < -0.39 is 0 Å². The molecule has 1 saturated heterocycles. The smallest absolute Gasteiger partial charge is 0.161 e. The molecule has 1 saturated carbocycles. The van der Waals surface area contributed by atoms with Crippen molar-refractivity contribution in [2.45, 2.75) is 37.9 Å². The van der Waals surface area contributed by atoms with Gasteiger partial charge in [0.15, 0.2) is 11.5 Å². The van der Waals surface area contributed by atoms with Gasteiger partial charge in [-0.25, -0.2) is 0 Å². The molecule has 0 unspecified atom stereocenters. The van der Waals surface area contributed by atoms with Crippen LogP contribution in [0.25, 0.3) is 21.5 Å². The number of methoxy groups -OCH3 is 3. The third kappa shape index (κ3) is 2.69. The lowest BCUT2D eigenvalue weighted by molar-refractivity contribution is 0.201. The number of hydrogen-bond acceptors (Lipinski definition) is 5. The minimum atomic E-state index is 0.602. The molecule has 0 N–H and O–H groups in total. The maximum atomic E-state index is 5.67. The minimum absolute atomic E-state index is 0.602. The van der Waals surface area contributed by atoms with Crippen LogP contribution in [0.5, 0.6) is 17.2 Å². The van der Waals surface area contributed by atoms with Crippen LogP contribution in [0.1, 0.15) is 24.0 Å². The van der Waals surface area contributed by atoms with Crippen molar-refractivity contribution in [3.05, 3.63) is 41.5 Å². The molecule has 3 aromatic rings. The van der Waals surface area contributed by atoms with Gasteiger partial charge < -0.3 is 14.2 Å². The molecule has 2 fully saturated rings. The van der Waals surface area contributed by atoms with Crippen LogP contribution in [0.15, 0.2) is 30.3 Å². The van der Waals surface area contributed by atoms with Crippen LogP contribution in [0.4, 0.5) is 0 Å². The van der Waals surface area contributed by atoms with Gasteiger partial charge >= 0.3 is 0 Å². The first-order chi connectivity index (χ1) is 14.7. The van der Waals surface area contributed by atoms with Gasteiger partial charge in [0.05, 0.1) is 28.0 Å². The molecular weight excluding hydrogens is 376 g/mol. The van der Waals surface area contributed by atoms with Crippen molar-refractivity contribution in [1.82, 2.24) is 9.80 Å². The van der Waals surface area contributed by atoms with Gasteiger partial charge in [0.1, 0.15) is 5.75 Å².